The van der Waals surface area contributed by atoms with Crippen LogP contribution >= 0.6 is 0 Å². The van der Waals surface area contributed by atoms with Gasteiger partial charge in [-0.25, -0.2) is 9.78 Å². The predicted molar refractivity (Wildman–Crippen MR) is 243 cm³/mol. The van der Waals surface area contributed by atoms with Gasteiger partial charge in [-0.2, -0.15) is 0 Å². The number of benzene rings is 1. The summed E-state index contributed by atoms with van der Waals surface area (Å²) in [4.78, 5) is 33.3. The number of allylic oxidation sites excluding steroid dienone is 4. The lowest BCUT2D eigenvalue weighted by atomic mass is 9.47. The van der Waals surface area contributed by atoms with Crippen molar-refractivity contribution in [2.45, 2.75) is 166 Å². The average molecular weight is 910 g/mol. The molecule has 1 aromatic heterocycles. The highest BCUT2D eigenvalue weighted by molar-refractivity contribution is 6.03. The highest BCUT2D eigenvalue weighted by atomic mass is 16.8. The van der Waals surface area contributed by atoms with E-state index in [2.05, 4.69) is 38.2 Å². The first-order valence-electron chi connectivity index (χ1n) is 23.3. The molecule has 354 valence electrons. The summed E-state index contributed by atoms with van der Waals surface area (Å²) >= 11 is 0. The van der Waals surface area contributed by atoms with E-state index in [1.807, 2.05) is 50.6 Å². The van der Waals surface area contributed by atoms with Gasteiger partial charge in [0.05, 0.1) is 42.2 Å². The number of carbonyl (C=O) groups excluding carboxylic acids is 2. The van der Waals surface area contributed by atoms with Gasteiger partial charge in [-0.1, -0.05) is 29.4 Å². The minimum atomic E-state index is -1.57. The molecule has 6 fully saturated rings. The van der Waals surface area contributed by atoms with Crippen molar-refractivity contribution in [1.82, 2.24) is 9.55 Å². The number of imidazole rings is 1. The van der Waals surface area contributed by atoms with Crippen molar-refractivity contribution in [3.63, 3.8) is 0 Å². The van der Waals surface area contributed by atoms with Crippen molar-refractivity contribution in [1.29, 1.82) is 0 Å². The fourth-order valence-electron chi connectivity index (χ4n) is 12.0. The molecule has 6 unspecified atom stereocenters. The van der Waals surface area contributed by atoms with E-state index in [0.717, 1.165) is 23.1 Å². The van der Waals surface area contributed by atoms with Crippen molar-refractivity contribution < 1.29 is 57.7 Å². The van der Waals surface area contributed by atoms with Crippen LogP contribution in [0, 0.1) is 11.8 Å². The fraction of sp³-hybridized carbons (Fsp3) is 0.588. The number of methoxy groups -OCH3 is 1. The Morgan fingerprint density at radius 3 is 2.50 bits per heavy atom. The van der Waals surface area contributed by atoms with Crippen LogP contribution in [0.2, 0.25) is 0 Å². The van der Waals surface area contributed by atoms with E-state index in [-0.39, 0.29) is 30.5 Å². The van der Waals surface area contributed by atoms with Gasteiger partial charge in [-0.15, -0.1) is 0 Å². The number of ether oxygens (including phenoxy) is 8. The van der Waals surface area contributed by atoms with Gasteiger partial charge in [0, 0.05) is 47.4 Å². The molecule has 7 heterocycles. The van der Waals surface area contributed by atoms with Crippen molar-refractivity contribution >= 4 is 29.5 Å². The summed E-state index contributed by atoms with van der Waals surface area (Å²) < 4.78 is 55.1. The molecule has 6 aliphatic heterocycles. The highest BCUT2D eigenvalue weighted by Crippen LogP contribution is 2.74. The standard InChI is InChI=1S/C51H63N3O12/c1-25(2)13-12-18-49(10)19-17-29-39(64-49)28(15-14-26(3)4)41-33(40(29)62-45-38(56)37(55)42-31(61-45)24-60-48(8,9)63-42)35-34-36(54-22-21-52-46(54)53-35)30-23-32-47(6,7)66-50(43(30)57,51(32,34)65-41)20-16-27(5)44(58)59-11/h13-14,16-17,19,21-22,30-32,36-38,42,45,55-56H,12,15,18,20,23-24H2,1-11H3,(H,52,53)/b27-16-/t30?,31-,32?,36?,37-,38-,42-,45+,49?,50?,51?/m1/s1. The molecule has 66 heavy (non-hydrogen) atoms. The van der Waals surface area contributed by atoms with Gasteiger partial charge in [0.25, 0.3) is 0 Å². The van der Waals surface area contributed by atoms with Gasteiger partial charge in [-0.05, 0) is 107 Å². The van der Waals surface area contributed by atoms with Crippen LogP contribution in [0.25, 0.3) is 11.8 Å². The number of nitrogens with zero attached hydrogens (tertiary/aromatic N) is 2. The Morgan fingerprint density at radius 1 is 1.02 bits per heavy atom. The summed E-state index contributed by atoms with van der Waals surface area (Å²) in [6.45, 7) is 19.6. The molecule has 3 N–H and O–H groups in total. The lowest BCUT2D eigenvalue weighted by Crippen LogP contribution is -2.75. The third kappa shape index (κ3) is 6.54. The molecular formula is C51H63N3O12. The molecule has 3 aliphatic carbocycles. The zero-order chi connectivity index (χ0) is 47.0. The van der Waals surface area contributed by atoms with Crippen molar-refractivity contribution in [3.05, 3.63) is 75.7 Å². The maximum Gasteiger partial charge on any atom is 0.333 e. The molecule has 1 aromatic carbocycles. The molecule has 2 aromatic rings. The fourth-order valence-corrected chi connectivity index (χ4v) is 12.0. The van der Waals surface area contributed by atoms with Crippen molar-refractivity contribution in [2.75, 3.05) is 19.0 Å². The molecule has 0 radical (unpaired) electrons. The molecule has 11 rings (SSSR count). The Morgan fingerprint density at radius 2 is 1.77 bits per heavy atom. The molecular weight excluding hydrogens is 847 g/mol. The van der Waals surface area contributed by atoms with Crippen LogP contribution in [0.4, 0.5) is 5.95 Å². The molecule has 11 atom stereocenters. The molecule has 3 saturated heterocycles. The second-order valence-electron chi connectivity index (χ2n) is 21.0. The monoisotopic (exact) mass is 909 g/mol. The number of fused-ring (bicyclic) bond motifs is 5. The van der Waals surface area contributed by atoms with Crippen LogP contribution < -0.4 is 19.5 Å². The van der Waals surface area contributed by atoms with Gasteiger partial charge in [0.2, 0.25) is 12.2 Å². The van der Waals surface area contributed by atoms with Gasteiger partial charge >= 0.3 is 5.97 Å². The summed E-state index contributed by atoms with van der Waals surface area (Å²) in [5.41, 5.74) is 1.32. The van der Waals surface area contributed by atoms with Crippen LogP contribution in [-0.4, -0.2) is 104 Å². The maximum absolute atomic E-state index is 15.6. The first kappa shape index (κ1) is 45.0. The Hall–Kier alpha value is -4.77. The quantitative estimate of drug-likeness (QED) is 0.125. The van der Waals surface area contributed by atoms with E-state index < -0.39 is 76.8 Å². The van der Waals surface area contributed by atoms with Crippen molar-refractivity contribution in [2.24, 2.45) is 11.8 Å². The van der Waals surface area contributed by atoms with Gasteiger partial charge < -0.3 is 58.0 Å². The maximum atomic E-state index is 15.6. The number of aliphatic hydroxyl groups is 2. The minimum absolute atomic E-state index is 0.0432. The third-order valence-electron chi connectivity index (χ3n) is 15.1. The van der Waals surface area contributed by atoms with E-state index in [4.69, 9.17) is 42.9 Å². The molecule has 9 aliphatic rings. The second kappa shape index (κ2) is 15.4. The van der Waals surface area contributed by atoms with Crippen molar-refractivity contribution in [3.8, 4) is 17.2 Å². The van der Waals surface area contributed by atoms with E-state index in [0.29, 0.717) is 59.1 Å². The number of aliphatic hydroxyl groups excluding tert-OH is 2. The van der Waals surface area contributed by atoms with E-state index in [1.165, 1.54) is 12.7 Å². The van der Waals surface area contributed by atoms with E-state index in [9.17, 15) is 15.0 Å². The average Bonchev–Trinajstić information content (AvgIpc) is 3.78. The highest BCUT2D eigenvalue weighted by Gasteiger charge is 2.84. The number of hydrogen-bond donors (Lipinski definition) is 3. The number of hydrogen-bond acceptors (Lipinski definition) is 14. The second-order valence-corrected chi connectivity index (χ2v) is 21.0. The SMILES string of the molecule is COC(=O)/C(C)=C\CC12OC(C)(C)C3CC(C1=O)C1C4=C(Nc5nccn51)c1c(O[C@@H]5O[C@@H]6COC(C)(C)O[C@H]6[C@H](O)[C@H]5O)c5c(c(CC=C(C)C)c1OC432)OC(C)(CCC=C(C)C)C=C5. The summed E-state index contributed by atoms with van der Waals surface area (Å²) in [6, 6.07) is -0.513. The van der Waals surface area contributed by atoms with Crippen LogP contribution in [-0.2, 0) is 39.7 Å². The summed E-state index contributed by atoms with van der Waals surface area (Å²) in [5.74, 6) is -0.733. The first-order chi connectivity index (χ1) is 31.2. The Bertz CT molecular complexity index is 2560. The van der Waals surface area contributed by atoms with Crippen LogP contribution in [0.5, 0.6) is 17.2 Å². The number of Topliss-reactive ketones (excluding diaryl/α,β-unsaturated/α-hetero) is 1. The summed E-state index contributed by atoms with van der Waals surface area (Å²) in [7, 11) is 1.33. The number of ketones is 1. The minimum Gasteiger partial charge on any atom is -0.482 e. The number of carbonyl (C=O) groups is 2. The Balaban J connectivity index is 1.24. The topological polar surface area (TPSA) is 178 Å². The third-order valence-corrected chi connectivity index (χ3v) is 15.1. The van der Waals surface area contributed by atoms with Gasteiger partial charge in [0.1, 0.15) is 47.3 Å². The summed E-state index contributed by atoms with van der Waals surface area (Å²) in [5, 5.41) is 27.3. The lowest BCUT2D eigenvalue weighted by molar-refractivity contribution is -0.373. The van der Waals surface area contributed by atoms with Gasteiger partial charge in [-0.3, -0.25) is 4.79 Å². The van der Waals surface area contributed by atoms with Crippen LogP contribution in [0.1, 0.15) is 118 Å². The molecule has 15 nitrogen and oxygen atoms in total. The predicted octanol–water partition coefficient (Wildman–Crippen LogP) is 7.06. The number of aromatic nitrogens is 2. The lowest BCUT2D eigenvalue weighted by Gasteiger charge is -2.62. The van der Waals surface area contributed by atoms with E-state index in [1.54, 1.807) is 33.0 Å². The smallest absolute Gasteiger partial charge is 0.333 e. The molecule has 0 amide bonds. The van der Waals surface area contributed by atoms with Crippen LogP contribution in [0.3, 0.4) is 0 Å². The normalized spacial score (nSPS) is 35.8. The number of esters is 1. The van der Waals surface area contributed by atoms with E-state index >= 15 is 4.79 Å². The zero-order valence-electron chi connectivity index (χ0n) is 39.8. The summed E-state index contributed by atoms with van der Waals surface area (Å²) in [6.07, 6.45) is 10.1. The largest absolute Gasteiger partial charge is 0.482 e. The number of rotatable bonds is 10. The molecule has 4 bridgehead atoms. The molecule has 1 spiro atoms. The number of nitrogens with one attached hydrogen (secondary N) is 1. The number of anilines is 1. The first-order valence-corrected chi connectivity index (χ1v) is 23.3. The zero-order valence-corrected chi connectivity index (χ0v) is 39.8. The Labute approximate surface area is 385 Å². The molecule has 3 saturated carbocycles. The Kier molecular flexibility index (Phi) is 10.5. The van der Waals surface area contributed by atoms with Crippen LogP contribution in [0.15, 0.2) is 59.0 Å². The molecule has 15 heteroatoms. The van der Waals surface area contributed by atoms with Gasteiger partial charge in [0.15, 0.2) is 22.8 Å².